The summed E-state index contributed by atoms with van der Waals surface area (Å²) in [6, 6.07) is 4.26. The average molecular weight is 193 g/mol. The smallest absolute Gasteiger partial charge is 0.125 e. The second-order valence-electron chi connectivity index (χ2n) is 3.79. The minimum Gasteiger partial charge on any atom is -0.384 e. The first-order valence-electron chi connectivity index (χ1n) is 5.11. The molecule has 0 amide bonds. The van der Waals surface area contributed by atoms with E-state index in [0.717, 1.165) is 5.69 Å². The van der Waals surface area contributed by atoms with Gasteiger partial charge in [-0.15, -0.1) is 0 Å². The number of pyridine rings is 1. The zero-order valence-corrected chi connectivity index (χ0v) is 9.12. The summed E-state index contributed by atoms with van der Waals surface area (Å²) in [4.78, 5) is 3.95. The topological polar surface area (TPSA) is 50.9 Å². The highest BCUT2D eigenvalue weighted by molar-refractivity contribution is 5.50. The van der Waals surface area contributed by atoms with Crippen molar-refractivity contribution < 1.29 is 0 Å². The predicted octanol–water partition coefficient (Wildman–Crippen LogP) is 2.51. The van der Waals surface area contributed by atoms with Crippen molar-refractivity contribution in [2.24, 2.45) is 5.92 Å². The monoisotopic (exact) mass is 193 g/mol. The van der Waals surface area contributed by atoms with Crippen LogP contribution in [0.2, 0.25) is 0 Å². The maximum atomic E-state index is 5.59. The standard InChI is InChI=1S/C11H19N3/c1-4-8(2)9(3)14-10-5-6-13-11(12)7-10/h5-9H,4H2,1-3H3,(H3,12,13,14). The molecule has 1 heterocycles. The summed E-state index contributed by atoms with van der Waals surface area (Å²) in [5.74, 6) is 1.22. The highest BCUT2D eigenvalue weighted by Gasteiger charge is 2.09. The first-order chi connectivity index (χ1) is 6.63. The van der Waals surface area contributed by atoms with Gasteiger partial charge < -0.3 is 11.1 Å². The molecule has 0 saturated carbocycles. The van der Waals surface area contributed by atoms with Crippen LogP contribution in [0.25, 0.3) is 0 Å². The van der Waals surface area contributed by atoms with Crippen LogP contribution in [0.15, 0.2) is 18.3 Å². The number of rotatable bonds is 4. The predicted molar refractivity (Wildman–Crippen MR) is 61.2 cm³/mol. The molecule has 3 N–H and O–H groups in total. The minimum atomic E-state index is 0.460. The van der Waals surface area contributed by atoms with Gasteiger partial charge in [0.1, 0.15) is 5.82 Å². The van der Waals surface area contributed by atoms with Crippen LogP contribution in [0.1, 0.15) is 27.2 Å². The van der Waals surface area contributed by atoms with Gasteiger partial charge in [0.05, 0.1) is 0 Å². The second kappa shape index (κ2) is 4.84. The molecule has 14 heavy (non-hydrogen) atoms. The lowest BCUT2D eigenvalue weighted by molar-refractivity contribution is 0.494. The number of hydrogen-bond donors (Lipinski definition) is 2. The minimum absolute atomic E-state index is 0.460. The van der Waals surface area contributed by atoms with Crippen molar-refractivity contribution in [2.45, 2.75) is 33.2 Å². The van der Waals surface area contributed by atoms with Crippen molar-refractivity contribution in [1.29, 1.82) is 0 Å². The van der Waals surface area contributed by atoms with Crippen LogP contribution in [0.5, 0.6) is 0 Å². The van der Waals surface area contributed by atoms with Gasteiger partial charge in [0.2, 0.25) is 0 Å². The van der Waals surface area contributed by atoms with Crippen LogP contribution in [0.3, 0.4) is 0 Å². The number of anilines is 2. The van der Waals surface area contributed by atoms with Gasteiger partial charge >= 0.3 is 0 Å². The Morgan fingerprint density at radius 3 is 2.79 bits per heavy atom. The van der Waals surface area contributed by atoms with E-state index in [9.17, 15) is 0 Å². The van der Waals surface area contributed by atoms with Crippen molar-refractivity contribution in [2.75, 3.05) is 11.1 Å². The molecule has 1 aromatic rings. The van der Waals surface area contributed by atoms with Gasteiger partial charge in [0, 0.05) is 24.0 Å². The van der Waals surface area contributed by atoms with E-state index in [4.69, 9.17) is 5.73 Å². The fourth-order valence-corrected chi connectivity index (χ4v) is 1.30. The van der Waals surface area contributed by atoms with E-state index < -0.39 is 0 Å². The molecule has 0 aliphatic heterocycles. The van der Waals surface area contributed by atoms with E-state index in [1.165, 1.54) is 6.42 Å². The van der Waals surface area contributed by atoms with Crippen LogP contribution in [-0.4, -0.2) is 11.0 Å². The Hall–Kier alpha value is -1.25. The molecule has 3 nitrogen and oxygen atoms in total. The van der Waals surface area contributed by atoms with Crippen molar-refractivity contribution in [1.82, 2.24) is 4.98 Å². The normalized spacial score (nSPS) is 14.8. The Labute approximate surface area is 85.7 Å². The van der Waals surface area contributed by atoms with Crippen molar-refractivity contribution in [3.05, 3.63) is 18.3 Å². The van der Waals surface area contributed by atoms with Crippen LogP contribution >= 0.6 is 0 Å². The first-order valence-corrected chi connectivity index (χ1v) is 5.11. The summed E-state index contributed by atoms with van der Waals surface area (Å²) in [6.45, 7) is 6.62. The summed E-state index contributed by atoms with van der Waals surface area (Å²) < 4.78 is 0. The van der Waals surface area contributed by atoms with Crippen LogP contribution in [0, 0.1) is 5.92 Å². The largest absolute Gasteiger partial charge is 0.384 e. The Bertz CT molecular complexity index is 286. The van der Waals surface area contributed by atoms with Crippen molar-refractivity contribution >= 4 is 11.5 Å². The first kappa shape index (κ1) is 10.8. The number of nitrogens with zero attached hydrogens (tertiary/aromatic N) is 1. The Morgan fingerprint density at radius 1 is 1.50 bits per heavy atom. The van der Waals surface area contributed by atoms with Gasteiger partial charge in [0.15, 0.2) is 0 Å². The molecule has 2 atom stereocenters. The quantitative estimate of drug-likeness (QED) is 0.772. The summed E-state index contributed by atoms with van der Waals surface area (Å²) >= 11 is 0. The maximum absolute atomic E-state index is 5.59. The van der Waals surface area contributed by atoms with Crippen LogP contribution in [-0.2, 0) is 0 Å². The lowest BCUT2D eigenvalue weighted by atomic mass is 10.0. The van der Waals surface area contributed by atoms with Gasteiger partial charge in [-0.1, -0.05) is 20.3 Å². The van der Waals surface area contributed by atoms with E-state index in [-0.39, 0.29) is 0 Å². The van der Waals surface area contributed by atoms with E-state index in [0.29, 0.717) is 17.8 Å². The zero-order chi connectivity index (χ0) is 10.6. The summed E-state index contributed by atoms with van der Waals surface area (Å²) in [5, 5.41) is 3.41. The molecule has 0 bridgehead atoms. The lowest BCUT2D eigenvalue weighted by Gasteiger charge is -2.21. The zero-order valence-electron chi connectivity index (χ0n) is 9.12. The fourth-order valence-electron chi connectivity index (χ4n) is 1.30. The molecule has 78 valence electrons. The van der Waals surface area contributed by atoms with E-state index in [2.05, 4.69) is 31.1 Å². The highest BCUT2D eigenvalue weighted by Crippen LogP contribution is 2.15. The van der Waals surface area contributed by atoms with E-state index >= 15 is 0 Å². The van der Waals surface area contributed by atoms with Gasteiger partial charge in [-0.2, -0.15) is 0 Å². The number of aromatic nitrogens is 1. The number of nitrogens with one attached hydrogen (secondary N) is 1. The molecule has 2 unspecified atom stereocenters. The molecule has 0 fully saturated rings. The summed E-state index contributed by atoms with van der Waals surface area (Å²) in [5.41, 5.74) is 6.64. The Kier molecular flexibility index (Phi) is 3.74. The highest BCUT2D eigenvalue weighted by atomic mass is 14.9. The van der Waals surface area contributed by atoms with E-state index in [1.807, 2.05) is 12.1 Å². The molecule has 0 aromatic carbocycles. The molecular weight excluding hydrogens is 174 g/mol. The molecule has 0 aliphatic carbocycles. The molecule has 0 saturated heterocycles. The van der Waals surface area contributed by atoms with Crippen LogP contribution < -0.4 is 11.1 Å². The average Bonchev–Trinajstić information content (AvgIpc) is 2.16. The summed E-state index contributed by atoms with van der Waals surface area (Å²) in [7, 11) is 0. The van der Waals surface area contributed by atoms with E-state index in [1.54, 1.807) is 6.20 Å². The summed E-state index contributed by atoms with van der Waals surface area (Å²) in [6.07, 6.45) is 2.90. The number of nitrogens with two attached hydrogens (primary N) is 1. The van der Waals surface area contributed by atoms with Crippen molar-refractivity contribution in [3.8, 4) is 0 Å². The molecule has 0 radical (unpaired) electrons. The molecular formula is C11H19N3. The van der Waals surface area contributed by atoms with Crippen molar-refractivity contribution in [3.63, 3.8) is 0 Å². The number of nitrogen functional groups attached to an aromatic ring is 1. The Balaban J connectivity index is 2.60. The Morgan fingerprint density at radius 2 is 2.21 bits per heavy atom. The molecule has 3 heteroatoms. The number of hydrogen-bond acceptors (Lipinski definition) is 3. The third-order valence-corrected chi connectivity index (χ3v) is 2.67. The van der Waals surface area contributed by atoms with Gasteiger partial charge in [-0.05, 0) is 18.9 Å². The molecule has 0 spiro atoms. The fraction of sp³-hybridized carbons (Fsp3) is 0.545. The van der Waals surface area contributed by atoms with Crippen LogP contribution in [0.4, 0.5) is 11.5 Å². The third kappa shape index (κ3) is 2.91. The maximum Gasteiger partial charge on any atom is 0.125 e. The molecule has 0 aliphatic rings. The molecule has 1 aromatic heterocycles. The second-order valence-corrected chi connectivity index (χ2v) is 3.79. The molecule has 1 rings (SSSR count). The van der Waals surface area contributed by atoms with Gasteiger partial charge in [-0.3, -0.25) is 0 Å². The van der Waals surface area contributed by atoms with Gasteiger partial charge in [-0.25, -0.2) is 4.98 Å². The van der Waals surface area contributed by atoms with Gasteiger partial charge in [0.25, 0.3) is 0 Å². The SMILES string of the molecule is CCC(C)C(C)Nc1ccnc(N)c1. The lowest BCUT2D eigenvalue weighted by Crippen LogP contribution is -2.23. The third-order valence-electron chi connectivity index (χ3n) is 2.67.